The van der Waals surface area contributed by atoms with Crippen LogP contribution in [-0.2, 0) is 14.3 Å². The molecule has 4 heteroatoms. The maximum Gasteiger partial charge on any atom is 0.340 e. The Kier molecular flexibility index (Phi) is 3.19. The first-order chi connectivity index (χ1) is 6.11. The van der Waals surface area contributed by atoms with Crippen molar-refractivity contribution in [2.75, 3.05) is 6.54 Å². The quantitative estimate of drug-likeness (QED) is 0.382. The van der Waals surface area contributed by atoms with Gasteiger partial charge in [-0.3, -0.25) is 0 Å². The zero-order valence-electron chi connectivity index (χ0n) is 7.63. The lowest BCUT2D eigenvalue weighted by atomic mass is 10.2. The monoisotopic (exact) mass is 183 g/mol. The molecule has 0 bridgehead atoms. The summed E-state index contributed by atoms with van der Waals surface area (Å²) in [5.41, 5.74) is 0.242. The summed E-state index contributed by atoms with van der Waals surface area (Å²) in [6, 6.07) is -0.316. The van der Waals surface area contributed by atoms with Gasteiger partial charge in [0.2, 0.25) is 0 Å². The summed E-state index contributed by atoms with van der Waals surface area (Å²) in [4.78, 5) is 22.2. The van der Waals surface area contributed by atoms with Crippen LogP contribution in [0.3, 0.4) is 0 Å². The number of carbonyl (C=O) groups excluding carboxylic acids is 2. The molecule has 0 amide bonds. The van der Waals surface area contributed by atoms with Crippen LogP contribution < -0.4 is 5.32 Å². The molecule has 1 aliphatic heterocycles. The number of ether oxygens (including phenoxy) is 1. The van der Waals surface area contributed by atoms with E-state index in [1.54, 1.807) is 0 Å². The standard InChI is InChI=1S/C9H13NO3/c1-6(2)8(11)13-9(12)7-4-3-5-10-7/h7,10H,1,3-5H2,2H3/t7-/m1/s1. The lowest BCUT2D eigenvalue weighted by molar-refractivity contribution is -0.158. The average molecular weight is 183 g/mol. The highest BCUT2D eigenvalue weighted by Crippen LogP contribution is 2.07. The Balaban J connectivity index is 2.40. The molecule has 1 N–H and O–H groups in total. The van der Waals surface area contributed by atoms with Gasteiger partial charge in [0.25, 0.3) is 0 Å². The summed E-state index contributed by atoms with van der Waals surface area (Å²) in [7, 11) is 0. The normalized spacial score (nSPS) is 21.2. The van der Waals surface area contributed by atoms with Gasteiger partial charge >= 0.3 is 11.9 Å². The van der Waals surface area contributed by atoms with Gasteiger partial charge in [-0.25, -0.2) is 9.59 Å². The first kappa shape index (κ1) is 9.92. The van der Waals surface area contributed by atoms with Crippen molar-refractivity contribution in [1.29, 1.82) is 0 Å². The number of carbonyl (C=O) groups is 2. The lowest BCUT2D eigenvalue weighted by Gasteiger charge is -2.07. The number of nitrogens with one attached hydrogen (secondary N) is 1. The molecule has 0 aromatic carbocycles. The molecule has 1 atom stereocenters. The summed E-state index contributed by atoms with van der Waals surface area (Å²) in [6.07, 6.45) is 1.68. The van der Waals surface area contributed by atoms with Gasteiger partial charge in [0.05, 0.1) is 0 Å². The summed E-state index contributed by atoms with van der Waals surface area (Å²) in [6.45, 7) is 5.71. The maximum absolute atomic E-state index is 11.2. The Hall–Kier alpha value is -1.16. The molecule has 1 aliphatic rings. The third kappa shape index (κ3) is 2.66. The Labute approximate surface area is 76.9 Å². The van der Waals surface area contributed by atoms with Crippen molar-refractivity contribution in [2.24, 2.45) is 0 Å². The highest BCUT2D eigenvalue weighted by atomic mass is 16.6. The Morgan fingerprint density at radius 3 is 2.69 bits per heavy atom. The molecule has 1 saturated heterocycles. The van der Waals surface area contributed by atoms with E-state index in [-0.39, 0.29) is 11.6 Å². The third-order valence-corrected chi connectivity index (χ3v) is 1.89. The van der Waals surface area contributed by atoms with Crippen molar-refractivity contribution in [3.05, 3.63) is 12.2 Å². The molecule has 0 saturated carbocycles. The van der Waals surface area contributed by atoms with Crippen LogP contribution in [0.1, 0.15) is 19.8 Å². The molecule has 4 nitrogen and oxygen atoms in total. The van der Waals surface area contributed by atoms with Gasteiger partial charge in [-0.1, -0.05) is 6.58 Å². The van der Waals surface area contributed by atoms with Crippen LogP contribution in [0, 0.1) is 0 Å². The molecule has 0 aromatic rings. The Morgan fingerprint density at radius 1 is 1.54 bits per heavy atom. The van der Waals surface area contributed by atoms with Gasteiger partial charge < -0.3 is 10.1 Å². The zero-order chi connectivity index (χ0) is 9.84. The number of hydrogen-bond acceptors (Lipinski definition) is 4. The van der Waals surface area contributed by atoms with E-state index >= 15 is 0 Å². The highest BCUT2D eigenvalue weighted by molar-refractivity contribution is 5.96. The summed E-state index contributed by atoms with van der Waals surface area (Å²) >= 11 is 0. The van der Waals surface area contributed by atoms with Gasteiger partial charge in [-0.2, -0.15) is 0 Å². The van der Waals surface area contributed by atoms with Gasteiger partial charge in [-0.05, 0) is 26.3 Å². The third-order valence-electron chi connectivity index (χ3n) is 1.89. The Bertz CT molecular complexity index is 241. The second kappa shape index (κ2) is 4.18. The van der Waals surface area contributed by atoms with Crippen molar-refractivity contribution in [2.45, 2.75) is 25.8 Å². The van der Waals surface area contributed by atoms with Crippen molar-refractivity contribution >= 4 is 11.9 Å². The predicted molar refractivity (Wildman–Crippen MR) is 46.9 cm³/mol. The molecule has 1 heterocycles. The fourth-order valence-corrected chi connectivity index (χ4v) is 1.14. The largest absolute Gasteiger partial charge is 0.389 e. The van der Waals surface area contributed by atoms with E-state index in [4.69, 9.17) is 0 Å². The van der Waals surface area contributed by atoms with Crippen LogP contribution in [0.25, 0.3) is 0 Å². The van der Waals surface area contributed by atoms with Crippen LogP contribution in [0.5, 0.6) is 0 Å². The second-order valence-electron chi connectivity index (χ2n) is 3.14. The summed E-state index contributed by atoms with van der Waals surface area (Å²) in [5, 5.41) is 2.94. The number of rotatable bonds is 2. The van der Waals surface area contributed by atoms with E-state index in [1.165, 1.54) is 6.92 Å². The van der Waals surface area contributed by atoms with E-state index < -0.39 is 11.9 Å². The number of hydrogen-bond donors (Lipinski definition) is 1. The lowest BCUT2D eigenvalue weighted by Crippen LogP contribution is -2.33. The van der Waals surface area contributed by atoms with Crippen LogP contribution >= 0.6 is 0 Å². The molecule has 1 fully saturated rings. The minimum absolute atomic E-state index is 0.242. The molecule has 1 rings (SSSR count). The molecule has 13 heavy (non-hydrogen) atoms. The van der Waals surface area contributed by atoms with Gasteiger partial charge in [0, 0.05) is 5.57 Å². The SMILES string of the molecule is C=C(C)C(=O)OC(=O)[C@H]1CCCN1. The van der Waals surface area contributed by atoms with Gasteiger partial charge in [0.15, 0.2) is 0 Å². The Morgan fingerprint density at radius 2 is 2.23 bits per heavy atom. The van der Waals surface area contributed by atoms with E-state index in [1.807, 2.05) is 0 Å². The maximum atomic E-state index is 11.2. The zero-order valence-corrected chi connectivity index (χ0v) is 7.63. The molecule has 0 aromatic heterocycles. The molecule has 0 radical (unpaired) electrons. The van der Waals surface area contributed by atoms with Crippen molar-refractivity contribution in [3.63, 3.8) is 0 Å². The average Bonchev–Trinajstić information content (AvgIpc) is 2.55. The van der Waals surface area contributed by atoms with Crippen LogP contribution in [0.4, 0.5) is 0 Å². The van der Waals surface area contributed by atoms with Crippen molar-refractivity contribution in [1.82, 2.24) is 5.32 Å². The van der Waals surface area contributed by atoms with E-state index in [9.17, 15) is 9.59 Å². The first-order valence-corrected chi connectivity index (χ1v) is 4.26. The molecular weight excluding hydrogens is 170 g/mol. The number of esters is 2. The smallest absolute Gasteiger partial charge is 0.340 e. The topological polar surface area (TPSA) is 55.4 Å². The summed E-state index contributed by atoms with van der Waals surface area (Å²) < 4.78 is 4.56. The van der Waals surface area contributed by atoms with E-state index in [0.717, 1.165) is 19.4 Å². The van der Waals surface area contributed by atoms with Crippen LogP contribution in [-0.4, -0.2) is 24.5 Å². The van der Waals surface area contributed by atoms with E-state index in [2.05, 4.69) is 16.6 Å². The minimum Gasteiger partial charge on any atom is -0.389 e. The summed E-state index contributed by atoms with van der Waals surface area (Å²) in [5.74, 6) is -1.13. The first-order valence-electron chi connectivity index (χ1n) is 4.26. The molecule has 0 aliphatic carbocycles. The minimum atomic E-state index is -0.640. The molecular formula is C9H13NO3. The van der Waals surface area contributed by atoms with Gasteiger partial charge in [0.1, 0.15) is 6.04 Å². The molecule has 0 unspecified atom stereocenters. The second-order valence-corrected chi connectivity index (χ2v) is 3.14. The van der Waals surface area contributed by atoms with Crippen molar-refractivity contribution < 1.29 is 14.3 Å². The molecule has 0 spiro atoms. The van der Waals surface area contributed by atoms with Gasteiger partial charge in [-0.15, -0.1) is 0 Å². The van der Waals surface area contributed by atoms with Crippen LogP contribution in [0.2, 0.25) is 0 Å². The highest BCUT2D eigenvalue weighted by Gasteiger charge is 2.25. The van der Waals surface area contributed by atoms with Crippen LogP contribution in [0.15, 0.2) is 12.2 Å². The predicted octanol–water partition coefficient (Wildman–Crippen LogP) is 0.384. The molecule has 72 valence electrons. The van der Waals surface area contributed by atoms with E-state index in [0.29, 0.717) is 0 Å². The fraction of sp³-hybridized carbons (Fsp3) is 0.556. The fourth-order valence-electron chi connectivity index (χ4n) is 1.14. The van der Waals surface area contributed by atoms with Crippen molar-refractivity contribution in [3.8, 4) is 0 Å².